The number of hydrogen-bond donors (Lipinski definition) is 0. The summed E-state index contributed by atoms with van der Waals surface area (Å²) in [5.74, 6) is 0.231. The number of allylic oxidation sites excluding steroid dienone is 1. The summed E-state index contributed by atoms with van der Waals surface area (Å²) < 4.78 is 0. The van der Waals surface area contributed by atoms with Gasteiger partial charge in [-0.05, 0) is 43.5 Å². The molecule has 2 saturated heterocycles. The van der Waals surface area contributed by atoms with E-state index in [2.05, 4.69) is 17.0 Å². The first-order valence-corrected chi connectivity index (χ1v) is 8.91. The van der Waals surface area contributed by atoms with Crippen molar-refractivity contribution in [1.82, 2.24) is 4.90 Å². The Morgan fingerprint density at radius 3 is 2.88 bits per heavy atom. The van der Waals surface area contributed by atoms with Crippen molar-refractivity contribution in [1.29, 1.82) is 0 Å². The first-order chi connectivity index (χ1) is 11.6. The second kappa shape index (κ2) is 4.57. The Labute approximate surface area is 142 Å². The molecular weight excluding hydrogens is 300 g/mol. The zero-order chi connectivity index (χ0) is 16.6. The number of hydrogen-bond acceptors (Lipinski definition) is 3. The fraction of sp³-hybridized carbons (Fsp3) is 0.500. The number of amides is 1. The van der Waals surface area contributed by atoms with Gasteiger partial charge in [0.2, 0.25) is 5.91 Å². The lowest BCUT2D eigenvalue weighted by atomic mass is 9.59. The summed E-state index contributed by atoms with van der Waals surface area (Å²) in [7, 11) is 0. The first-order valence-electron chi connectivity index (χ1n) is 8.91. The minimum absolute atomic E-state index is 0.0105. The van der Waals surface area contributed by atoms with Crippen molar-refractivity contribution in [3.8, 4) is 0 Å². The molecule has 0 radical (unpaired) electrons. The molecule has 3 aliphatic heterocycles. The van der Waals surface area contributed by atoms with Crippen LogP contribution in [0.5, 0.6) is 0 Å². The van der Waals surface area contributed by atoms with Gasteiger partial charge in [-0.25, -0.2) is 0 Å². The summed E-state index contributed by atoms with van der Waals surface area (Å²) in [6.45, 7) is 5.55. The van der Waals surface area contributed by atoms with Crippen LogP contribution < -0.4 is 4.90 Å². The zero-order valence-electron chi connectivity index (χ0n) is 14.2. The molecule has 1 aromatic rings. The molecule has 2 bridgehead atoms. The third kappa shape index (κ3) is 1.44. The number of benzene rings is 1. The van der Waals surface area contributed by atoms with E-state index in [0.717, 1.165) is 31.6 Å². The molecule has 4 aliphatic rings. The van der Waals surface area contributed by atoms with Gasteiger partial charge < -0.3 is 4.90 Å². The topological polar surface area (TPSA) is 40.6 Å². The SMILES string of the molecule is C/C=C1/CN2CC[C@]34c5ccccc5N(C(C)=O)[C@@H]3C(=O)[C@H]1CC24. The van der Waals surface area contributed by atoms with E-state index in [1.165, 1.54) is 11.1 Å². The highest BCUT2D eigenvalue weighted by molar-refractivity contribution is 6.07. The molecule has 24 heavy (non-hydrogen) atoms. The molecule has 1 unspecified atom stereocenters. The summed E-state index contributed by atoms with van der Waals surface area (Å²) in [5.41, 5.74) is 3.22. The van der Waals surface area contributed by atoms with Crippen LogP contribution in [-0.4, -0.2) is 41.8 Å². The van der Waals surface area contributed by atoms with Crippen LogP contribution in [0.25, 0.3) is 0 Å². The van der Waals surface area contributed by atoms with Gasteiger partial charge in [0.05, 0.1) is 0 Å². The fourth-order valence-corrected chi connectivity index (χ4v) is 5.99. The summed E-state index contributed by atoms with van der Waals surface area (Å²) in [6, 6.07) is 8.24. The molecule has 124 valence electrons. The van der Waals surface area contributed by atoms with Crippen molar-refractivity contribution in [2.45, 2.75) is 44.2 Å². The fourth-order valence-electron chi connectivity index (χ4n) is 5.99. The molecule has 4 nitrogen and oxygen atoms in total. The van der Waals surface area contributed by atoms with Crippen LogP contribution in [0.15, 0.2) is 35.9 Å². The van der Waals surface area contributed by atoms with Crippen LogP contribution in [0.2, 0.25) is 0 Å². The van der Waals surface area contributed by atoms with Crippen molar-refractivity contribution in [3.05, 3.63) is 41.5 Å². The Bertz CT molecular complexity index is 799. The molecule has 1 spiro atoms. The molecule has 4 heteroatoms. The molecule has 1 aromatic carbocycles. The number of anilines is 1. The lowest BCUT2D eigenvalue weighted by Crippen LogP contribution is -2.65. The third-order valence-corrected chi connectivity index (χ3v) is 6.87. The highest BCUT2D eigenvalue weighted by Gasteiger charge is 2.67. The van der Waals surface area contributed by atoms with Gasteiger partial charge in [-0.1, -0.05) is 24.3 Å². The summed E-state index contributed by atoms with van der Waals surface area (Å²) in [4.78, 5) is 30.3. The Hall–Kier alpha value is -1.94. The van der Waals surface area contributed by atoms with Crippen molar-refractivity contribution in [2.24, 2.45) is 5.92 Å². The molecule has 0 aromatic heterocycles. The van der Waals surface area contributed by atoms with Gasteiger partial charge in [-0.2, -0.15) is 0 Å². The first kappa shape index (κ1) is 14.4. The average molecular weight is 322 g/mol. The molecule has 0 N–H and O–H groups in total. The largest absolute Gasteiger partial charge is 0.301 e. The number of piperidine rings is 1. The normalized spacial score (nSPS) is 38.4. The third-order valence-electron chi connectivity index (χ3n) is 6.87. The van der Waals surface area contributed by atoms with Crippen LogP contribution in [0.1, 0.15) is 32.3 Å². The number of fused-ring (bicyclic) bond motifs is 2. The van der Waals surface area contributed by atoms with Crippen LogP contribution in [0.3, 0.4) is 0 Å². The van der Waals surface area contributed by atoms with E-state index < -0.39 is 0 Å². The quantitative estimate of drug-likeness (QED) is 0.688. The number of rotatable bonds is 0. The van der Waals surface area contributed by atoms with Crippen LogP contribution in [0, 0.1) is 5.92 Å². The zero-order valence-corrected chi connectivity index (χ0v) is 14.2. The molecule has 3 fully saturated rings. The number of nitrogens with zero attached hydrogens (tertiary/aromatic N) is 2. The minimum atomic E-state index is -0.323. The molecule has 1 saturated carbocycles. The second-order valence-electron chi connectivity index (χ2n) is 7.64. The van der Waals surface area contributed by atoms with Crippen molar-refractivity contribution in [3.63, 3.8) is 0 Å². The second-order valence-corrected chi connectivity index (χ2v) is 7.64. The molecular formula is C20H22N2O2. The van der Waals surface area contributed by atoms with Crippen LogP contribution in [-0.2, 0) is 15.0 Å². The average Bonchev–Trinajstić information content (AvgIpc) is 3.12. The van der Waals surface area contributed by atoms with Crippen LogP contribution in [0.4, 0.5) is 5.69 Å². The highest BCUT2D eigenvalue weighted by atomic mass is 16.2. The Morgan fingerprint density at radius 2 is 2.12 bits per heavy atom. The van der Waals surface area contributed by atoms with E-state index >= 15 is 0 Å². The maximum atomic E-state index is 13.5. The Morgan fingerprint density at radius 1 is 1.33 bits per heavy atom. The molecule has 3 heterocycles. The van der Waals surface area contributed by atoms with Gasteiger partial charge in [-0.3, -0.25) is 14.5 Å². The van der Waals surface area contributed by atoms with Crippen molar-refractivity contribution < 1.29 is 9.59 Å². The van der Waals surface area contributed by atoms with E-state index in [0.29, 0.717) is 6.04 Å². The van der Waals surface area contributed by atoms with Gasteiger partial charge in [0, 0.05) is 36.5 Å². The van der Waals surface area contributed by atoms with E-state index in [9.17, 15) is 9.59 Å². The summed E-state index contributed by atoms with van der Waals surface area (Å²) >= 11 is 0. The Kier molecular flexibility index (Phi) is 2.74. The molecule has 1 amide bonds. The molecule has 5 rings (SSSR count). The van der Waals surface area contributed by atoms with Gasteiger partial charge >= 0.3 is 0 Å². The minimum Gasteiger partial charge on any atom is -0.301 e. The molecule has 1 aliphatic carbocycles. The smallest absolute Gasteiger partial charge is 0.224 e. The maximum Gasteiger partial charge on any atom is 0.224 e. The van der Waals surface area contributed by atoms with Crippen LogP contribution >= 0.6 is 0 Å². The Balaban J connectivity index is 1.78. The number of carbonyl (C=O) groups is 2. The van der Waals surface area contributed by atoms with Gasteiger partial charge in [0.25, 0.3) is 0 Å². The predicted octanol–water partition coefficient (Wildman–Crippen LogP) is 2.28. The number of ketones is 1. The predicted molar refractivity (Wildman–Crippen MR) is 91.9 cm³/mol. The van der Waals surface area contributed by atoms with Gasteiger partial charge in [0.1, 0.15) is 6.04 Å². The number of para-hydroxylation sites is 1. The van der Waals surface area contributed by atoms with Crippen molar-refractivity contribution in [2.75, 3.05) is 18.0 Å². The van der Waals surface area contributed by atoms with Crippen molar-refractivity contribution >= 4 is 17.4 Å². The summed E-state index contributed by atoms with van der Waals surface area (Å²) in [6.07, 6.45) is 4.00. The lowest BCUT2D eigenvalue weighted by molar-refractivity contribution is -0.132. The van der Waals surface area contributed by atoms with E-state index in [-0.39, 0.29) is 29.1 Å². The molecule has 4 atom stereocenters. The van der Waals surface area contributed by atoms with E-state index in [1.807, 2.05) is 25.1 Å². The highest BCUT2D eigenvalue weighted by Crippen LogP contribution is 2.60. The maximum absolute atomic E-state index is 13.5. The lowest BCUT2D eigenvalue weighted by Gasteiger charge is -2.51. The van der Waals surface area contributed by atoms with Gasteiger partial charge in [-0.15, -0.1) is 0 Å². The monoisotopic (exact) mass is 322 g/mol. The van der Waals surface area contributed by atoms with E-state index in [1.54, 1.807) is 11.8 Å². The van der Waals surface area contributed by atoms with Gasteiger partial charge in [0.15, 0.2) is 5.78 Å². The number of carbonyl (C=O) groups excluding carboxylic acids is 2. The standard InChI is InChI=1S/C20H22N2O2/c1-3-13-11-21-9-8-20-15-6-4-5-7-16(15)22(12(2)23)19(20)18(24)14(13)10-17(20)21/h3-7,14,17,19H,8-11H2,1-2H3/b13-3-/t14-,17?,19+,20+/m0/s1. The number of Topliss-reactive ketones (excluding diaryl/α,β-unsaturated/α-hetero) is 1. The van der Waals surface area contributed by atoms with E-state index in [4.69, 9.17) is 0 Å². The summed E-state index contributed by atoms with van der Waals surface area (Å²) in [5, 5.41) is 0.